The number of nitrogens with zero attached hydrogens (tertiary/aromatic N) is 2. The molecule has 1 N–H and O–H groups in total. The molecule has 2 amide bonds. The molecule has 0 saturated carbocycles. The predicted molar refractivity (Wildman–Crippen MR) is 166 cm³/mol. The van der Waals surface area contributed by atoms with Gasteiger partial charge in [-0.25, -0.2) is 8.42 Å². The molecule has 2 atom stereocenters. The van der Waals surface area contributed by atoms with Crippen LogP contribution in [0.5, 0.6) is 0 Å². The number of amides is 2. The molecule has 3 aromatic carbocycles. The average Bonchev–Trinajstić information content (AvgIpc) is 2.92. The fourth-order valence-corrected chi connectivity index (χ4v) is 5.78. The van der Waals surface area contributed by atoms with E-state index in [4.69, 9.17) is 11.6 Å². The number of nitrogens with one attached hydrogen (secondary N) is 1. The first-order chi connectivity index (χ1) is 19.5. The lowest BCUT2D eigenvalue weighted by Crippen LogP contribution is -2.52. The summed E-state index contributed by atoms with van der Waals surface area (Å²) in [5.74, 6) is -0.459. The monoisotopic (exact) mass is 597 g/mol. The van der Waals surface area contributed by atoms with Gasteiger partial charge in [-0.15, -0.1) is 0 Å². The Morgan fingerprint density at radius 2 is 1.63 bits per heavy atom. The summed E-state index contributed by atoms with van der Waals surface area (Å²) < 4.78 is 26.6. The molecule has 41 heavy (non-hydrogen) atoms. The highest BCUT2D eigenvalue weighted by Crippen LogP contribution is 2.22. The van der Waals surface area contributed by atoms with Crippen LogP contribution in [0.4, 0.5) is 5.69 Å². The van der Waals surface area contributed by atoms with Crippen LogP contribution in [0.25, 0.3) is 0 Å². The molecular formula is C32H40ClN3O4S. The van der Waals surface area contributed by atoms with E-state index in [1.165, 1.54) is 4.31 Å². The number of hydrogen-bond acceptors (Lipinski definition) is 4. The molecule has 0 unspecified atom stereocenters. The van der Waals surface area contributed by atoms with Gasteiger partial charge in [0.1, 0.15) is 6.04 Å². The molecule has 0 saturated heterocycles. The van der Waals surface area contributed by atoms with Gasteiger partial charge < -0.3 is 10.2 Å². The molecule has 9 heteroatoms. The van der Waals surface area contributed by atoms with E-state index in [1.54, 1.807) is 23.1 Å². The molecule has 0 aliphatic heterocycles. The van der Waals surface area contributed by atoms with Crippen LogP contribution in [-0.4, -0.2) is 50.0 Å². The molecule has 0 aromatic heterocycles. The minimum absolute atomic E-state index is 0.0541. The van der Waals surface area contributed by atoms with Crippen molar-refractivity contribution in [2.24, 2.45) is 0 Å². The standard InChI is InChI=1S/C32H40ClN3O4S/c1-5-25(3)34-32(38)30(22-26-13-7-6-8-14-26)35(23-27-15-10-16-28(33)21-27)31(37)18-11-19-36(41(4,39)40)29-17-9-12-24(2)20-29/h6-10,12-17,20-21,25,30H,5,11,18-19,22-23H2,1-4H3,(H,34,38)/t25-,30+/m1/s1. The number of halogens is 1. The SMILES string of the molecule is CC[C@@H](C)NC(=O)[C@H](Cc1ccccc1)N(Cc1cccc(Cl)c1)C(=O)CCCN(c1cccc(C)c1)S(C)(=O)=O. The molecular weight excluding hydrogens is 558 g/mol. The van der Waals surface area contributed by atoms with Crippen molar-refractivity contribution in [3.8, 4) is 0 Å². The Labute approximate surface area is 249 Å². The Hall–Kier alpha value is -3.36. The van der Waals surface area contributed by atoms with Crippen LogP contribution in [-0.2, 0) is 32.6 Å². The van der Waals surface area contributed by atoms with Crippen molar-refractivity contribution in [2.75, 3.05) is 17.1 Å². The summed E-state index contributed by atoms with van der Waals surface area (Å²) in [6.07, 6.45) is 2.62. The van der Waals surface area contributed by atoms with Crippen molar-refractivity contribution in [1.29, 1.82) is 0 Å². The van der Waals surface area contributed by atoms with E-state index in [9.17, 15) is 18.0 Å². The topological polar surface area (TPSA) is 86.8 Å². The van der Waals surface area contributed by atoms with Crippen LogP contribution < -0.4 is 9.62 Å². The third-order valence-corrected chi connectivity index (χ3v) is 8.39. The Kier molecular flexibility index (Phi) is 11.8. The zero-order valence-corrected chi connectivity index (χ0v) is 25.8. The minimum Gasteiger partial charge on any atom is -0.352 e. The second-order valence-corrected chi connectivity index (χ2v) is 12.8. The van der Waals surface area contributed by atoms with Crippen molar-refractivity contribution in [2.45, 2.75) is 65.1 Å². The number of benzene rings is 3. The summed E-state index contributed by atoms with van der Waals surface area (Å²) in [5.41, 5.74) is 3.24. The van der Waals surface area contributed by atoms with E-state index in [0.717, 1.165) is 29.4 Å². The Balaban J connectivity index is 1.89. The lowest BCUT2D eigenvalue weighted by molar-refractivity contribution is -0.141. The van der Waals surface area contributed by atoms with Gasteiger partial charge in [0.25, 0.3) is 0 Å². The van der Waals surface area contributed by atoms with Gasteiger partial charge in [0.2, 0.25) is 21.8 Å². The molecule has 0 fully saturated rings. The molecule has 0 aliphatic carbocycles. The summed E-state index contributed by atoms with van der Waals surface area (Å²) in [5, 5.41) is 3.60. The number of hydrogen-bond donors (Lipinski definition) is 1. The molecule has 0 radical (unpaired) electrons. The van der Waals surface area contributed by atoms with Crippen LogP contribution in [0.3, 0.4) is 0 Å². The van der Waals surface area contributed by atoms with E-state index in [2.05, 4.69) is 5.32 Å². The van der Waals surface area contributed by atoms with Gasteiger partial charge in [0.05, 0.1) is 11.9 Å². The summed E-state index contributed by atoms with van der Waals surface area (Å²) in [4.78, 5) is 29.1. The number of rotatable bonds is 14. The summed E-state index contributed by atoms with van der Waals surface area (Å²) >= 11 is 6.25. The van der Waals surface area contributed by atoms with E-state index >= 15 is 0 Å². The van der Waals surface area contributed by atoms with Crippen LogP contribution >= 0.6 is 11.6 Å². The van der Waals surface area contributed by atoms with Gasteiger partial charge in [0, 0.05) is 37.0 Å². The first-order valence-corrected chi connectivity index (χ1v) is 16.1. The third-order valence-electron chi connectivity index (χ3n) is 6.96. The van der Waals surface area contributed by atoms with E-state index in [0.29, 0.717) is 17.1 Å². The normalized spacial score (nSPS) is 12.8. The number of carbonyl (C=O) groups excluding carboxylic acids is 2. The molecule has 220 valence electrons. The molecule has 0 bridgehead atoms. The van der Waals surface area contributed by atoms with Crippen LogP contribution in [0.15, 0.2) is 78.9 Å². The zero-order valence-electron chi connectivity index (χ0n) is 24.2. The van der Waals surface area contributed by atoms with Crippen molar-refractivity contribution in [3.05, 3.63) is 101 Å². The molecule has 3 rings (SSSR count). The lowest BCUT2D eigenvalue weighted by atomic mass is 10.0. The number of carbonyl (C=O) groups is 2. The number of sulfonamides is 1. The molecule has 0 aliphatic rings. The van der Waals surface area contributed by atoms with Crippen molar-refractivity contribution >= 4 is 39.1 Å². The first-order valence-electron chi connectivity index (χ1n) is 13.9. The van der Waals surface area contributed by atoms with Crippen molar-refractivity contribution in [3.63, 3.8) is 0 Å². The largest absolute Gasteiger partial charge is 0.352 e. The Morgan fingerprint density at radius 1 is 0.951 bits per heavy atom. The smallest absolute Gasteiger partial charge is 0.243 e. The summed E-state index contributed by atoms with van der Waals surface area (Å²) in [6, 6.07) is 23.3. The second kappa shape index (κ2) is 15.0. The molecule has 0 heterocycles. The fraction of sp³-hybridized carbons (Fsp3) is 0.375. The summed E-state index contributed by atoms with van der Waals surface area (Å²) in [7, 11) is -3.56. The van der Waals surface area contributed by atoms with E-state index in [-0.39, 0.29) is 43.8 Å². The minimum atomic E-state index is -3.56. The Bertz CT molecular complexity index is 1420. The van der Waals surface area contributed by atoms with Gasteiger partial charge in [0.15, 0.2) is 0 Å². The predicted octanol–water partition coefficient (Wildman–Crippen LogP) is 5.75. The van der Waals surface area contributed by atoms with Gasteiger partial charge in [-0.1, -0.05) is 73.1 Å². The maximum Gasteiger partial charge on any atom is 0.243 e. The quantitative estimate of drug-likeness (QED) is 0.256. The van der Waals surface area contributed by atoms with Crippen molar-refractivity contribution in [1.82, 2.24) is 10.2 Å². The van der Waals surface area contributed by atoms with Crippen LogP contribution in [0.2, 0.25) is 5.02 Å². The lowest BCUT2D eigenvalue weighted by Gasteiger charge is -2.32. The van der Waals surface area contributed by atoms with Crippen LogP contribution in [0, 0.1) is 6.92 Å². The molecule has 7 nitrogen and oxygen atoms in total. The zero-order chi connectivity index (χ0) is 30.0. The maximum absolute atomic E-state index is 13.9. The Morgan fingerprint density at radius 3 is 2.27 bits per heavy atom. The third kappa shape index (κ3) is 9.90. The molecule has 0 spiro atoms. The molecule has 3 aromatic rings. The van der Waals surface area contributed by atoms with E-state index in [1.807, 2.05) is 81.4 Å². The highest BCUT2D eigenvalue weighted by molar-refractivity contribution is 7.92. The fourth-order valence-electron chi connectivity index (χ4n) is 4.61. The van der Waals surface area contributed by atoms with E-state index < -0.39 is 16.1 Å². The first kappa shape index (κ1) is 32.2. The van der Waals surface area contributed by atoms with Gasteiger partial charge in [-0.2, -0.15) is 0 Å². The highest BCUT2D eigenvalue weighted by atomic mass is 35.5. The van der Waals surface area contributed by atoms with Crippen LogP contribution in [0.1, 0.15) is 49.8 Å². The van der Waals surface area contributed by atoms with Crippen molar-refractivity contribution < 1.29 is 18.0 Å². The number of aryl methyl sites for hydroxylation is 1. The highest BCUT2D eigenvalue weighted by Gasteiger charge is 2.31. The summed E-state index contributed by atoms with van der Waals surface area (Å²) in [6.45, 7) is 6.16. The number of anilines is 1. The maximum atomic E-state index is 13.9. The van der Waals surface area contributed by atoms with Gasteiger partial charge in [-0.05, 0) is 67.6 Å². The second-order valence-electron chi connectivity index (χ2n) is 10.5. The average molecular weight is 598 g/mol. The van der Waals surface area contributed by atoms with Gasteiger partial charge in [-0.3, -0.25) is 13.9 Å². The van der Waals surface area contributed by atoms with Gasteiger partial charge >= 0.3 is 0 Å².